The third-order valence-corrected chi connectivity index (χ3v) is 6.68. The Hall–Kier alpha value is -3.06. The van der Waals surface area contributed by atoms with Crippen LogP contribution in [0.4, 0.5) is 8.78 Å². The number of aromatic amines is 1. The average molecular weight is 423 g/mol. The lowest BCUT2D eigenvalue weighted by atomic mass is 10.0. The fourth-order valence-corrected chi connectivity index (χ4v) is 5.07. The van der Waals surface area contributed by atoms with E-state index in [4.69, 9.17) is 0 Å². The standard InChI is InChI=1S/C24H23F2N3O2/c1-14-18(24(31)27-20-8-7-19(25)23(26)22(14)20)10-21(30)29-13-16-9-17(29)12-28(16)11-15-5-3-2-4-6-15/h2-8,16-17H,9-13H2,1H3,(H,27,31)/t16-,17-/m1/s1. The molecule has 31 heavy (non-hydrogen) atoms. The summed E-state index contributed by atoms with van der Waals surface area (Å²) in [4.78, 5) is 32.4. The summed E-state index contributed by atoms with van der Waals surface area (Å²) >= 11 is 0. The van der Waals surface area contributed by atoms with Gasteiger partial charge < -0.3 is 9.88 Å². The molecule has 0 saturated carbocycles. The van der Waals surface area contributed by atoms with Crippen LogP contribution in [0.5, 0.6) is 0 Å². The quantitative estimate of drug-likeness (QED) is 0.702. The Kier molecular flexibility index (Phi) is 4.85. The lowest BCUT2D eigenvalue weighted by Gasteiger charge is -2.34. The first-order chi connectivity index (χ1) is 14.9. The first-order valence-corrected chi connectivity index (χ1v) is 10.5. The van der Waals surface area contributed by atoms with Gasteiger partial charge in [0.1, 0.15) is 0 Å². The number of aromatic nitrogens is 1. The van der Waals surface area contributed by atoms with Crippen LogP contribution in [0.25, 0.3) is 10.9 Å². The molecule has 3 aromatic rings. The average Bonchev–Trinajstić information content (AvgIpc) is 3.35. The SMILES string of the molecule is Cc1c(CC(=O)N2C[C@H]3C[C@@H]2CN3Cc2ccccc2)c(=O)[nH]c2ccc(F)c(F)c12. The van der Waals surface area contributed by atoms with Gasteiger partial charge in [0.05, 0.1) is 11.9 Å². The molecule has 1 N–H and O–H groups in total. The number of likely N-dealkylation sites (tertiary alicyclic amines) is 2. The predicted octanol–water partition coefficient (Wildman–Crippen LogP) is 3.14. The molecule has 7 heteroatoms. The van der Waals surface area contributed by atoms with Crippen LogP contribution in [0.15, 0.2) is 47.3 Å². The number of nitrogens with zero attached hydrogens (tertiary/aromatic N) is 2. The van der Waals surface area contributed by atoms with Gasteiger partial charge in [0.2, 0.25) is 5.91 Å². The van der Waals surface area contributed by atoms with Gasteiger partial charge in [-0.2, -0.15) is 0 Å². The number of halogens is 2. The first-order valence-electron chi connectivity index (χ1n) is 10.5. The van der Waals surface area contributed by atoms with Gasteiger partial charge in [0.15, 0.2) is 11.6 Å². The molecular formula is C24H23F2N3O2. The van der Waals surface area contributed by atoms with Crippen LogP contribution >= 0.6 is 0 Å². The molecule has 2 fully saturated rings. The predicted molar refractivity (Wildman–Crippen MR) is 114 cm³/mol. The molecule has 2 saturated heterocycles. The van der Waals surface area contributed by atoms with Gasteiger partial charge in [-0.3, -0.25) is 14.5 Å². The van der Waals surface area contributed by atoms with E-state index in [1.807, 2.05) is 23.1 Å². The number of aryl methyl sites for hydroxylation is 1. The topological polar surface area (TPSA) is 56.4 Å². The second-order valence-corrected chi connectivity index (χ2v) is 8.52. The Bertz CT molecular complexity index is 1220. The molecule has 2 aromatic carbocycles. The smallest absolute Gasteiger partial charge is 0.252 e. The zero-order valence-electron chi connectivity index (χ0n) is 17.2. The summed E-state index contributed by atoms with van der Waals surface area (Å²) in [6.45, 7) is 3.86. The van der Waals surface area contributed by atoms with Gasteiger partial charge in [-0.15, -0.1) is 0 Å². The van der Waals surface area contributed by atoms with E-state index < -0.39 is 17.2 Å². The number of benzene rings is 2. The first kappa shape index (κ1) is 19.9. The molecule has 0 spiro atoms. The Morgan fingerprint density at radius 2 is 1.87 bits per heavy atom. The van der Waals surface area contributed by atoms with Gasteiger partial charge in [0.25, 0.3) is 5.56 Å². The summed E-state index contributed by atoms with van der Waals surface area (Å²) in [5, 5.41) is 0.0272. The minimum Gasteiger partial charge on any atom is -0.337 e. The minimum atomic E-state index is -1.00. The lowest BCUT2D eigenvalue weighted by Crippen LogP contribution is -2.49. The molecule has 5 nitrogen and oxygen atoms in total. The third-order valence-electron chi connectivity index (χ3n) is 6.68. The molecule has 0 radical (unpaired) electrons. The highest BCUT2D eigenvalue weighted by molar-refractivity contribution is 5.86. The van der Waals surface area contributed by atoms with E-state index in [2.05, 4.69) is 22.0 Å². The van der Waals surface area contributed by atoms with E-state index in [0.717, 1.165) is 25.6 Å². The van der Waals surface area contributed by atoms with Crippen molar-refractivity contribution in [1.82, 2.24) is 14.8 Å². The fourth-order valence-electron chi connectivity index (χ4n) is 5.07. The molecule has 5 rings (SSSR count). The summed E-state index contributed by atoms with van der Waals surface area (Å²) in [7, 11) is 0. The molecule has 2 bridgehead atoms. The maximum absolute atomic E-state index is 14.4. The van der Waals surface area contributed by atoms with Crippen molar-refractivity contribution in [1.29, 1.82) is 0 Å². The van der Waals surface area contributed by atoms with Crippen LogP contribution in [-0.4, -0.2) is 45.9 Å². The van der Waals surface area contributed by atoms with Crippen LogP contribution in [0.3, 0.4) is 0 Å². The van der Waals surface area contributed by atoms with Crippen molar-refractivity contribution in [2.45, 2.75) is 38.4 Å². The summed E-state index contributed by atoms with van der Waals surface area (Å²) < 4.78 is 28.1. The molecule has 2 atom stereocenters. The van der Waals surface area contributed by atoms with E-state index in [1.165, 1.54) is 11.6 Å². The molecule has 2 aliphatic heterocycles. The van der Waals surface area contributed by atoms with Gasteiger partial charge in [-0.1, -0.05) is 30.3 Å². The molecule has 2 aliphatic rings. The van der Waals surface area contributed by atoms with Crippen LogP contribution in [0.2, 0.25) is 0 Å². The van der Waals surface area contributed by atoms with Crippen LogP contribution in [0, 0.1) is 18.6 Å². The normalized spacial score (nSPS) is 20.7. The van der Waals surface area contributed by atoms with Crippen molar-refractivity contribution < 1.29 is 13.6 Å². The Labute approximate surface area is 178 Å². The number of piperazine rings is 1. The summed E-state index contributed by atoms with van der Waals surface area (Å²) in [5.74, 6) is -2.12. The van der Waals surface area contributed by atoms with Crippen molar-refractivity contribution in [2.24, 2.45) is 0 Å². The highest BCUT2D eigenvalue weighted by Gasteiger charge is 2.44. The highest BCUT2D eigenvalue weighted by atomic mass is 19.2. The molecule has 0 aliphatic carbocycles. The maximum atomic E-state index is 14.4. The monoisotopic (exact) mass is 423 g/mol. The molecule has 1 amide bonds. The number of carbonyl (C=O) groups excluding carboxylic acids is 1. The van der Waals surface area contributed by atoms with E-state index in [9.17, 15) is 18.4 Å². The summed E-state index contributed by atoms with van der Waals surface area (Å²) in [6.07, 6.45) is 0.806. The number of pyridine rings is 1. The van der Waals surface area contributed by atoms with Crippen molar-refractivity contribution >= 4 is 16.8 Å². The lowest BCUT2D eigenvalue weighted by molar-refractivity contribution is -0.132. The summed E-state index contributed by atoms with van der Waals surface area (Å²) in [6, 6.07) is 13.0. The van der Waals surface area contributed by atoms with Crippen molar-refractivity contribution in [2.75, 3.05) is 13.1 Å². The summed E-state index contributed by atoms with van der Waals surface area (Å²) in [5.41, 5.74) is 1.57. The number of nitrogens with one attached hydrogen (secondary N) is 1. The van der Waals surface area contributed by atoms with E-state index in [-0.39, 0.29) is 34.8 Å². The number of hydrogen-bond donors (Lipinski definition) is 1. The van der Waals surface area contributed by atoms with Gasteiger partial charge >= 0.3 is 0 Å². The number of rotatable bonds is 4. The van der Waals surface area contributed by atoms with Crippen LogP contribution < -0.4 is 5.56 Å². The molecular weight excluding hydrogens is 400 g/mol. The maximum Gasteiger partial charge on any atom is 0.252 e. The van der Waals surface area contributed by atoms with Crippen molar-refractivity contribution in [3.8, 4) is 0 Å². The van der Waals surface area contributed by atoms with Gasteiger partial charge in [-0.05, 0) is 36.6 Å². The molecule has 3 heterocycles. The van der Waals surface area contributed by atoms with Gasteiger partial charge in [-0.25, -0.2) is 8.78 Å². The Morgan fingerprint density at radius 1 is 1.10 bits per heavy atom. The zero-order valence-corrected chi connectivity index (χ0v) is 17.2. The number of fused-ring (bicyclic) bond motifs is 3. The van der Waals surface area contributed by atoms with E-state index >= 15 is 0 Å². The van der Waals surface area contributed by atoms with Crippen molar-refractivity contribution in [3.05, 3.63) is 81.1 Å². The molecule has 1 aromatic heterocycles. The molecule has 0 unspecified atom stereocenters. The minimum absolute atomic E-state index is 0.0272. The number of hydrogen-bond acceptors (Lipinski definition) is 3. The fraction of sp³-hybridized carbons (Fsp3) is 0.333. The van der Waals surface area contributed by atoms with E-state index in [1.54, 1.807) is 6.92 Å². The second-order valence-electron chi connectivity index (χ2n) is 8.52. The van der Waals surface area contributed by atoms with Crippen molar-refractivity contribution in [3.63, 3.8) is 0 Å². The van der Waals surface area contributed by atoms with E-state index in [0.29, 0.717) is 18.2 Å². The largest absolute Gasteiger partial charge is 0.337 e. The number of H-pyrrole nitrogens is 1. The van der Waals surface area contributed by atoms with Crippen LogP contribution in [0.1, 0.15) is 23.1 Å². The third kappa shape index (κ3) is 3.43. The Morgan fingerprint density at radius 3 is 2.58 bits per heavy atom. The van der Waals surface area contributed by atoms with Gasteiger partial charge in [0, 0.05) is 42.7 Å². The zero-order chi connectivity index (χ0) is 21.7. The number of carbonyl (C=O) groups is 1. The molecule has 160 valence electrons. The Balaban J connectivity index is 1.34. The highest BCUT2D eigenvalue weighted by Crippen LogP contribution is 2.32. The second kappa shape index (κ2) is 7.57. The van der Waals surface area contributed by atoms with Crippen LogP contribution in [-0.2, 0) is 17.8 Å². The number of amides is 1.